The molecule has 0 saturated carbocycles. The fourth-order valence-electron chi connectivity index (χ4n) is 0.876. The molecule has 13 heavy (non-hydrogen) atoms. The van der Waals surface area contributed by atoms with Crippen molar-refractivity contribution in [1.82, 2.24) is 0 Å². The van der Waals surface area contributed by atoms with Crippen molar-refractivity contribution in [3.8, 4) is 0 Å². The van der Waals surface area contributed by atoms with E-state index in [0.717, 1.165) is 6.54 Å². The van der Waals surface area contributed by atoms with Crippen LogP contribution in [0.15, 0.2) is 21.7 Å². The van der Waals surface area contributed by atoms with E-state index in [0.29, 0.717) is 5.41 Å². The zero-order valence-electron chi connectivity index (χ0n) is 8.25. The van der Waals surface area contributed by atoms with E-state index in [1.54, 1.807) is 0 Å². The van der Waals surface area contributed by atoms with E-state index in [4.69, 9.17) is 5.73 Å². The van der Waals surface area contributed by atoms with Crippen molar-refractivity contribution in [3.63, 3.8) is 0 Å². The maximum atomic E-state index is 5.66. The maximum Gasteiger partial charge on any atom is 0.0598 e. The van der Waals surface area contributed by atoms with Crippen LogP contribution in [0.3, 0.4) is 0 Å². The maximum absolute atomic E-state index is 5.66. The second-order valence-electron chi connectivity index (χ2n) is 3.90. The summed E-state index contributed by atoms with van der Waals surface area (Å²) in [6.45, 7) is 5.22. The van der Waals surface area contributed by atoms with E-state index in [1.807, 2.05) is 23.1 Å². The first-order valence-electron chi connectivity index (χ1n) is 4.50. The molecule has 0 bridgehead atoms. The lowest BCUT2D eigenvalue weighted by atomic mass is 9.91. The van der Waals surface area contributed by atoms with Gasteiger partial charge >= 0.3 is 0 Å². The van der Waals surface area contributed by atoms with Gasteiger partial charge in [0.25, 0.3) is 0 Å². The molecule has 0 aromatic carbocycles. The van der Waals surface area contributed by atoms with Crippen LogP contribution >= 0.6 is 23.1 Å². The van der Waals surface area contributed by atoms with E-state index in [-0.39, 0.29) is 0 Å². The SMILES string of the molecule is CC(C)(CN)CCSc1cccs1. The van der Waals surface area contributed by atoms with Gasteiger partial charge in [0.1, 0.15) is 0 Å². The van der Waals surface area contributed by atoms with Gasteiger partial charge in [0, 0.05) is 0 Å². The van der Waals surface area contributed by atoms with Gasteiger partial charge in [0.2, 0.25) is 0 Å². The fraction of sp³-hybridized carbons (Fsp3) is 0.600. The number of thiophene rings is 1. The Morgan fingerprint density at radius 3 is 2.85 bits per heavy atom. The van der Waals surface area contributed by atoms with E-state index in [2.05, 4.69) is 31.4 Å². The molecule has 0 radical (unpaired) electrons. The number of rotatable bonds is 5. The average Bonchev–Trinajstić information content (AvgIpc) is 2.57. The lowest BCUT2D eigenvalue weighted by Gasteiger charge is -2.21. The monoisotopic (exact) mass is 215 g/mol. The molecular weight excluding hydrogens is 198 g/mol. The minimum atomic E-state index is 0.296. The Morgan fingerprint density at radius 2 is 2.31 bits per heavy atom. The summed E-state index contributed by atoms with van der Waals surface area (Å²) < 4.78 is 1.41. The molecule has 1 heterocycles. The highest BCUT2D eigenvalue weighted by molar-refractivity contribution is 8.01. The lowest BCUT2D eigenvalue weighted by molar-refractivity contribution is 0.368. The summed E-state index contributed by atoms with van der Waals surface area (Å²) >= 11 is 3.75. The Balaban J connectivity index is 2.21. The summed E-state index contributed by atoms with van der Waals surface area (Å²) in [5.41, 5.74) is 5.95. The quantitative estimate of drug-likeness (QED) is 0.763. The largest absolute Gasteiger partial charge is 0.330 e. The summed E-state index contributed by atoms with van der Waals surface area (Å²) in [7, 11) is 0. The van der Waals surface area contributed by atoms with Gasteiger partial charge in [-0.2, -0.15) is 0 Å². The summed E-state index contributed by atoms with van der Waals surface area (Å²) in [6.07, 6.45) is 1.19. The van der Waals surface area contributed by atoms with Crippen LogP contribution < -0.4 is 5.73 Å². The molecule has 0 aliphatic carbocycles. The predicted octanol–water partition coefficient (Wildman–Crippen LogP) is 3.22. The molecule has 1 aromatic rings. The van der Waals surface area contributed by atoms with Crippen molar-refractivity contribution in [2.45, 2.75) is 24.5 Å². The van der Waals surface area contributed by atoms with Crippen LogP contribution in [0.4, 0.5) is 0 Å². The van der Waals surface area contributed by atoms with Gasteiger partial charge in [0.15, 0.2) is 0 Å². The summed E-state index contributed by atoms with van der Waals surface area (Å²) in [5, 5.41) is 2.12. The Bertz CT molecular complexity index is 229. The first-order chi connectivity index (χ1) is 6.14. The molecule has 0 fully saturated rings. The number of hydrogen-bond acceptors (Lipinski definition) is 3. The second-order valence-corrected chi connectivity index (χ2v) is 6.24. The molecule has 1 aromatic heterocycles. The first-order valence-corrected chi connectivity index (χ1v) is 6.37. The molecule has 0 spiro atoms. The number of nitrogens with two attached hydrogens (primary N) is 1. The minimum absolute atomic E-state index is 0.296. The van der Waals surface area contributed by atoms with Crippen LogP contribution in [-0.2, 0) is 0 Å². The lowest BCUT2D eigenvalue weighted by Crippen LogP contribution is -2.23. The Morgan fingerprint density at radius 1 is 1.54 bits per heavy atom. The van der Waals surface area contributed by atoms with Gasteiger partial charge in [-0.05, 0) is 35.6 Å². The standard InChI is InChI=1S/C10H17NS2/c1-10(2,8-11)5-7-13-9-4-3-6-12-9/h3-4,6H,5,7-8,11H2,1-2H3. The van der Waals surface area contributed by atoms with Gasteiger partial charge in [-0.3, -0.25) is 0 Å². The third-order valence-corrected chi connectivity index (χ3v) is 4.20. The van der Waals surface area contributed by atoms with Crippen molar-refractivity contribution in [1.29, 1.82) is 0 Å². The first kappa shape index (κ1) is 11.1. The van der Waals surface area contributed by atoms with Crippen molar-refractivity contribution in [2.24, 2.45) is 11.1 Å². The zero-order valence-corrected chi connectivity index (χ0v) is 9.88. The van der Waals surface area contributed by atoms with Gasteiger partial charge < -0.3 is 5.73 Å². The number of thioether (sulfide) groups is 1. The molecule has 0 aliphatic rings. The van der Waals surface area contributed by atoms with Crippen molar-refractivity contribution in [3.05, 3.63) is 17.5 Å². The summed E-state index contributed by atoms with van der Waals surface area (Å²) in [6, 6.07) is 4.27. The highest BCUT2D eigenvalue weighted by Crippen LogP contribution is 2.28. The van der Waals surface area contributed by atoms with Crippen LogP contribution in [0.1, 0.15) is 20.3 Å². The molecular formula is C10H17NS2. The predicted molar refractivity (Wildman–Crippen MR) is 62.5 cm³/mol. The van der Waals surface area contributed by atoms with E-state index >= 15 is 0 Å². The van der Waals surface area contributed by atoms with Crippen LogP contribution in [0, 0.1) is 5.41 Å². The van der Waals surface area contributed by atoms with Crippen molar-refractivity contribution in [2.75, 3.05) is 12.3 Å². The molecule has 1 nitrogen and oxygen atoms in total. The Labute approximate surface area is 88.7 Å². The molecule has 74 valence electrons. The van der Waals surface area contributed by atoms with Gasteiger partial charge in [0.05, 0.1) is 4.21 Å². The van der Waals surface area contributed by atoms with Crippen molar-refractivity contribution >= 4 is 23.1 Å². The van der Waals surface area contributed by atoms with Gasteiger partial charge in [-0.1, -0.05) is 19.9 Å². The van der Waals surface area contributed by atoms with Crippen LogP contribution in [0.25, 0.3) is 0 Å². The van der Waals surface area contributed by atoms with Crippen LogP contribution in [0.2, 0.25) is 0 Å². The molecule has 0 aliphatic heterocycles. The van der Waals surface area contributed by atoms with E-state index in [9.17, 15) is 0 Å². The third kappa shape index (κ3) is 4.16. The topological polar surface area (TPSA) is 26.0 Å². The highest BCUT2D eigenvalue weighted by Gasteiger charge is 2.14. The van der Waals surface area contributed by atoms with E-state index in [1.165, 1.54) is 16.4 Å². The smallest absolute Gasteiger partial charge is 0.0598 e. The Kier molecular flexibility index (Phi) is 4.29. The van der Waals surface area contributed by atoms with Gasteiger partial charge in [-0.15, -0.1) is 23.1 Å². The average molecular weight is 215 g/mol. The van der Waals surface area contributed by atoms with E-state index < -0.39 is 0 Å². The molecule has 1 rings (SSSR count). The molecule has 3 heteroatoms. The molecule has 0 atom stereocenters. The Hall–Kier alpha value is 0.01000. The molecule has 0 amide bonds. The summed E-state index contributed by atoms with van der Waals surface area (Å²) in [5.74, 6) is 1.17. The second kappa shape index (κ2) is 5.03. The molecule has 0 saturated heterocycles. The third-order valence-electron chi connectivity index (χ3n) is 2.07. The number of hydrogen-bond donors (Lipinski definition) is 1. The fourth-order valence-corrected chi connectivity index (χ4v) is 3.04. The van der Waals surface area contributed by atoms with Crippen molar-refractivity contribution < 1.29 is 0 Å². The highest BCUT2D eigenvalue weighted by atomic mass is 32.2. The van der Waals surface area contributed by atoms with Crippen LogP contribution in [0.5, 0.6) is 0 Å². The molecule has 2 N–H and O–H groups in total. The minimum Gasteiger partial charge on any atom is -0.330 e. The zero-order chi connectivity index (χ0) is 9.73. The van der Waals surface area contributed by atoms with Gasteiger partial charge in [-0.25, -0.2) is 0 Å². The van der Waals surface area contributed by atoms with Crippen LogP contribution in [-0.4, -0.2) is 12.3 Å². The molecule has 0 unspecified atom stereocenters. The normalized spacial score (nSPS) is 11.9. The summed E-state index contributed by atoms with van der Waals surface area (Å²) in [4.78, 5) is 0.